The Bertz CT molecular complexity index is 575. The third kappa shape index (κ3) is 4.80. The van der Waals surface area contributed by atoms with Crippen LogP contribution in [0.15, 0.2) is 35.5 Å². The van der Waals surface area contributed by atoms with Gasteiger partial charge in [-0.15, -0.1) is 0 Å². The topological polar surface area (TPSA) is 0 Å². The Hall–Kier alpha value is -0.780. The highest BCUT2D eigenvalue weighted by atomic mass is 14.5. The maximum absolute atomic E-state index is 4.32. The number of rotatable bonds is 6. The molecule has 0 heterocycles. The Morgan fingerprint density at radius 3 is 2.52 bits per heavy atom. The molecule has 3 rings (SSSR count). The standard InChI is InChI=1S/C27H44/c1-20(2)10-8-12-22(4)25-17-18-26-24(14-9-19-27(25,26)5)16-15-23-13-7-6-11-21(23)3/h15-16,20,22,25-26H,3,6-14,17-19H2,1-2,4-5H3/b23-15?,24-16+/t22-,25-,26-,27+/m0/s1. The first-order valence-electron chi connectivity index (χ1n) is 12.0. The number of allylic oxidation sites excluding steroid dienone is 5. The molecule has 0 heteroatoms. The SMILES string of the molecule is C=C1CCCCC1=C/C=C1\CCC[C@@]2(C)[C@H]1CC[C@H]2[C@@H](C)CCCC(C)C. The summed E-state index contributed by atoms with van der Waals surface area (Å²) in [6.07, 6.45) is 21.5. The van der Waals surface area contributed by atoms with E-state index in [4.69, 9.17) is 0 Å². The highest BCUT2D eigenvalue weighted by Gasteiger charge is 2.50. The lowest BCUT2D eigenvalue weighted by atomic mass is 9.60. The van der Waals surface area contributed by atoms with Gasteiger partial charge in [0.25, 0.3) is 0 Å². The average molecular weight is 369 g/mol. The molecular formula is C27H44. The van der Waals surface area contributed by atoms with Crippen molar-refractivity contribution in [2.24, 2.45) is 29.1 Å². The Labute approximate surface area is 169 Å². The van der Waals surface area contributed by atoms with Gasteiger partial charge in [0.15, 0.2) is 0 Å². The quantitative estimate of drug-likeness (QED) is 0.440. The maximum atomic E-state index is 4.32. The van der Waals surface area contributed by atoms with Crippen molar-refractivity contribution < 1.29 is 0 Å². The van der Waals surface area contributed by atoms with Crippen molar-refractivity contribution in [3.8, 4) is 0 Å². The van der Waals surface area contributed by atoms with E-state index in [1.54, 1.807) is 5.57 Å². The summed E-state index contributed by atoms with van der Waals surface area (Å²) >= 11 is 0. The van der Waals surface area contributed by atoms with E-state index < -0.39 is 0 Å². The molecule has 0 nitrogen and oxygen atoms in total. The molecule has 0 aliphatic heterocycles. The number of hydrogen-bond donors (Lipinski definition) is 0. The zero-order valence-electron chi connectivity index (χ0n) is 18.7. The van der Waals surface area contributed by atoms with Gasteiger partial charge < -0.3 is 0 Å². The second kappa shape index (κ2) is 9.15. The van der Waals surface area contributed by atoms with E-state index in [0.717, 1.165) is 23.7 Å². The van der Waals surface area contributed by atoms with Crippen molar-refractivity contribution in [2.75, 3.05) is 0 Å². The molecule has 0 aromatic carbocycles. The average Bonchev–Trinajstić information content (AvgIpc) is 2.98. The number of hydrogen-bond acceptors (Lipinski definition) is 0. The molecule has 27 heavy (non-hydrogen) atoms. The summed E-state index contributed by atoms with van der Waals surface area (Å²) in [5, 5.41) is 0. The van der Waals surface area contributed by atoms with Gasteiger partial charge >= 0.3 is 0 Å². The van der Waals surface area contributed by atoms with Crippen LogP contribution in [0.1, 0.15) is 105 Å². The van der Waals surface area contributed by atoms with E-state index in [2.05, 4.69) is 46.4 Å². The van der Waals surface area contributed by atoms with E-state index in [0.29, 0.717) is 5.41 Å². The first-order chi connectivity index (χ1) is 12.9. The van der Waals surface area contributed by atoms with E-state index in [1.165, 1.54) is 88.2 Å². The normalized spacial score (nSPS) is 35.8. The van der Waals surface area contributed by atoms with Gasteiger partial charge in [-0.05, 0) is 92.4 Å². The molecule has 0 N–H and O–H groups in total. The monoisotopic (exact) mass is 368 g/mol. The van der Waals surface area contributed by atoms with Gasteiger partial charge in [0, 0.05) is 0 Å². The first kappa shape index (κ1) is 20.9. The molecule has 3 aliphatic carbocycles. The van der Waals surface area contributed by atoms with E-state index in [-0.39, 0.29) is 0 Å². The lowest BCUT2D eigenvalue weighted by Gasteiger charge is -2.44. The summed E-state index contributed by atoms with van der Waals surface area (Å²) < 4.78 is 0. The molecule has 0 radical (unpaired) electrons. The molecule has 0 bridgehead atoms. The van der Waals surface area contributed by atoms with Crippen LogP contribution in [0.25, 0.3) is 0 Å². The first-order valence-corrected chi connectivity index (χ1v) is 12.0. The van der Waals surface area contributed by atoms with Crippen LogP contribution in [-0.4, -0.2) is 0 Å². The van der Waals surface area contributed by atoms with Crippen LogP contribution in [0.5, 0.6) is 0 Å². The number of fused-ring (bicyclic) bond motifs is 1. The molecule has 4 atom stereocenters. The van der Waals surface area contributed by atoms with Crippen LogP contribution in [0, 0.1) is 29.1 Å². The Kier molecular flexibility index (Phi) is 7.09. The summed E-state index contributed by atoms with van der Waals surface area (Å²) in [5.41, 5.74) is 5.27. The molecular weight excluding hydrogens is 324 g/mol. The minimum absolute atomic E-state index is 0.559. The third-order valence-corrected chi connectivity index (χ3v) is 8.29. The molecule has 0 amide bonds. The lowest BCUT2D eigenvalue weighted by Crippen LogP contribution is -2.36. The minimum atomic E-state index is 0.559. The van der Waals surface area contributed by atoms with E-state index >= 15 is 0 Å². The molecule has 0 spiro atoms. The molecule has 3 saturated carbocycles. The van der Waals surface area contributed by atoms with Crippen LogP contribution in [0.2, 0.25) is 0 Å². The summed E-state index contributed by atoms with van der Waals surface area (Å²) in [5.74, 6) is 3.54. The van der Waals surface area contributed by atoms with Crippen molar-refractivity contribution in [3.63, 3.8) is 0 Å². The fourth-order valence-electron chi connectivity index (χ4n) is 6.66. The predicted octanol–water partition coefficient (Wildman–Crippen LogP) is 8.65. The Morgan fingerprint density at radius 2 is 1.78 bits per heavy atom. The van der Waals surface area contributed by atoms with Crippen molar-refractivity contribution >= 4 is 0 Å². The van der Waals surface area contributed by atoms with Gasteiger partial charge in [0.2, 0.25) is 0 Å². The highest BCUT2D eigenvalue weighted by molar-refractivity contribution is 5.35. The molecule has 0 saturated heterocycles. The second-order valence-corrected chi connectivity index (χ2v) is 10.6. The third-order valence-electron chi connectivity index (χ3n) is 8.29. The minimum Gasteiger partial charge on any atom is -0.0956 e. The van der Waals surface area contributed by atoms with Crippen LogP contribution < -0.4 is 0 Å². The molecule has 0 aromatic heterocycles. The molecule has 0 aromatic rings. The predicted molar refractivity (Wildman–Crippen MR) is 120 cm³/mol. The Balaban J connectivity index is 1.69. The van der Waals surface area contributed by atoms with Crippen LogP contribution >= 0.6 is 0 Å². The van der Waals surface area contributed by atoms with Gasteiger partial charge in [-0.2, -0.15) is 0 Å². The van der Waals surface area contributed by atoms with Crippen molar-refractivity contribution in [2.45, 2.75) is 105 Å². The second-order valence-electron chi connectivity index (χ2n) is 10.6. The summed E-state index contributed by atoms with van der Waals surface area (Å²) in [7, 11) is 0. The van der Waals surface area contributed by atoms with Crippen LogP contribution in [0.4, 0.5) is 0 Å². The maximum Gasteiger partial charge on any atom is -0.0143 e. The van der Waals surface area contributed by atoms with Crippen LogP contribution in [0.3, 0.4) is 0 Å². The van der Waals surface area contributed by atoms with Gasteiger partial charge in [-0.3, -0.25) is 0 Å². The highest BCUT2D eigenvalue weighted by Crippen LogP contribution is 2.59. The lowest BCUT2D eigenvalue weighted by molar-refractivity contribution is 0.0929. The fraction of sp³-hybridized carbons (Fsp3) is 0.778. The summed E-state index contributed by atoms with van der Waals surface area (Å²) in [6, 6.07) is 0. The smallest absolute Gasteiger partial charge is 0.0143 e. The van der Waals surface area contributed by atoms with Gasteiger partial charge in [-0.25, -0.2) is 0 Å². The largest absolute Gasteiger partial charge is 0.0956 e. The summed E-state index contributed by atoms with van der Waals surface area (Å²) in [6.45, 7) is 14.3. The molecule has 0 unspecified atom stereocenters. The van der Waals surface area contributed by atoms with E-state index in [1.807, 2.05) is 0 Å². The van der Waals surface area contributed by atoms with E-state index in [9.17, 15) is 0 Å². The van der Waals surface area contributed by atoms with Gasteiger partial charge in [0.1, 0.15) is 0 Å². The van der Waals surface area contributed by atoms with Crippen molar-refractivity contribution in [1.82, 2.24) is 0 Å². The van der Waals surface area contributed by atoms with Crippen LogP contribution in [-0.2, 0) is 0 Å². The van der Waals surface area contributed by atoms with Gasteiger partial charge in [-0.1, -0.05) is 76.8 Å². The summed E-state index contributed by atoms with van der Waals surface area (Å²) in [4.78, 5) is 0. The molecule has 3 fully saturated rings. The Morgan fingerprint density at radius 1 is 1.00 bits per heavy atom. The fourth-order valence-corrected chi connectivity index (χ4v) is 6.66. The molecule has 3 aliphatic rings. The van der Waals surface area contributed by atoms with Crippen molar-refractivity contribution in [1.29, 1.82) is 0 Å². The van der Waals surface area contributed by atoms with Crippen molar-refractivity contribution in [3.05, 3.63) is 35.5 Å². The molecule has 152 valence electrons. The van der Waals surface area contributed by atoms with Gasteiger partial charge in [0.05, 0.1) is 0 Å². The zero-order chi connectivity index (χ0) is 19.4. The zero-order valence-corrected chi connectivity index (χ0v) is 18.7.